The summed E-state index contributed by atoms with van der Waals surface area (Å²) >= 11 is 11.7. The van der Waals surface area contributed by atoms with E-state index < -0.39 is 16.4 Å². The van der Waals surface area contributed by atoms with Gasteiger partial charge in [-0.1, -0.05) is 35.3 Å². The van der Waals surface area contributed by atoms with Gasteiger partial charge in [0.1, 0.15) is 10.8 Å². The lowest BCUT2D eigenvalue weighted by Crippen LogP contribution is -1.96. The van der Waals surface area contributed by atoms with Crippen LogP contribution in [0, 0.1) is 15.9 Å². The minimum absolute atomic E-state index is 0.0997. The molecule has 0 saturated heterocycles. The molecule has 0 unspecified atom stereocenters. The van der Waals surface area contributed by atoms with Crippen LogP contribution in [-0.4, -0.2) is 4.92 Å². The fourth-order valence-electron chi connectivity index (χ4n) is 1.44. The van der Waals surface area contributed by atoms with Crippen molar-refractivity contribution in [2.75, 3.05) is 0 Å². The van der Waals surface area contributed by atoms with E-state index in [1.165, 1.54) is 24.3 Å². The van der Waals surface area contributed by atoms with E-state index in [4.69, 9.17) is 27.9 Å². The highest BCUT2D eigenvalue weighted by molar-refractivity contribution is 6.42. The third kappa shape index (κ3) is 2.77. The van der Waals surface area contributed by atoms with Crippen molar-refractivity contribution in [3.8, 4) is 11.5 Å². The molecule has 0 fully saturated rings. The fraction of sp³-hybridized carbons (Fsp3) is 0. The van der Waals surface area contributed by atoms with Gasteiger partial charge in [-0.05, 0) is 24.3 Å². The van der Waals surface area contributed by atoms with Crippen LogP contribution in [0.4, 0.5) is 10.1 Å². The molecular weight excluding hydrogens is 296 g/mol. The Labute approximate surface area is 117 Å². The van der Waals surface area contributed by atoms with Gasteiger partial charge in [0.15, 0.2) is 0 Å². The number of benzene rings is 2. The smallest absolute Gasteiger partial charge is 0.346 e. The van der Waals surface area contributed by atoms with Crippen molar-refractivity contribution in [2.45, 2.75) is 0 Å². The molecule has 0 N–H and O–H groups in total. The molecule has 0 aliphatic heterocycles. The molecule has 0 saturated carbocycles. The van der Waals surface area contributed by atoms with E-state index in [0.717, 1.165) is 6.07 Å². The number of halogens is 3. The van der Waals surface area contributed by atoms with E-state index in [-0.39, 0.29) is 21.5 Å². The first-order valence-electron chi connectivity index (χ1n) is 5.05. The largest absolute Gasteiger partial charge is 0.448 e. The maximum absolute atomic E-state index is 13.4. The van der Waals surface area contributed by atoms with Crippen molar-refractivity contribution in [1.82, 2.24) is 0 Å². The van der Waals surface area contributed by atoms with Crippen LogP contribution in [0.15, 0.2) is 36.4 Å². The van der Waals surface area contributed by atoms with Gasteiger partial charge in [-0.2, -0.15) is 4.39 Å². The van der Waals surface area contributed by atoms with Gasteiger partial charge < -0.3 is 4.74 Å². The van der Waals surface area contributed by atoms with Crippen LogP contribution in [0.25, 0.3) is 0 Å². The molecule has 4 nitrogen and oxygen atoms in total. The number of rotatable bonds is 3. The Morgan fingerprint density at radius 1 is 1.11 bits per heavy atom. The highest BCUT2D eigenvalue weighted by Crippen LogP contribution is 2.38. The number of ether oxygens (including phenoxy) is 1. The van der Waals surface area contributed by atoms with Gasteiger partial charge in [-0.3, -0.25) is 10.1 Å². The van der Waals surface area contributed by atoms with E-state index in [9.17, 15) is 14.5 Å². The zero-order valence-corrected chi connectivity index (χ0v) is 10.8. The first-order chi connectivity index (χ1) is 9.00. The fourth-order valence-corrected chi connectivity index (χ4v) is 1.77. The van der Waals surface area contributed by atoms with Crippen LogP contribution < -0.4 is 4.74 Å². The molecule has 98 valence electrons. The van der Waals surface area contributed by atoms with Crippen molar-refractivity contribution in [3.63, 3.8) is 0 Å². The molecule has 0 amide bonds. The van der Waals surface area contributed by atoms with Gasteiger partial charge >= 0.3 is 5.69 Å². The first-order valence-corrected chi connectivity index (χ1v) is 5.81. The molecule has 0 aliphatic carbocycles. The third-order valence-electron chi connectivity index (χ3n) is 2.27. The molecule has 0 spiro atoms. The first kappa shape index (κ1) is 13.6. The number of nitro groups is 1. The van der Waals surface area contributed by atoms with Gasteiger partial charge in [0.25, 0.3) is 0 Å². The second kappa shape index (κ2) is 5.42. The van der Waals surface area contributed by atoms with Crippen LogP contribution in [0.2, 0.25) is 10.0 Å². The minimum atomic E-state index is -0.986. The molecule has 2 aromatic rings. The molecule has 0 aliphatic rings. The SMILES string of the molecule is O=[N+]([O-])c1c(F)cccc1Oc1cccc(Cl)c1Cl. The molecule has 7 heteroatoms. The topological polar surface area (TPSA) is 52.4 Å². The van der Waals surface area contributed by atoms with Crippen molar-refractivity contribution in [3.05, 3.63) is 62.4 Å². The van der Waals surface area contributed by atoms with Crippen molar-refractivity contribution >= 4 is 28.9 Å². The summed E-state index contributed by atoms with van der Waals surface area (Å²) in [4.78, 5) is 9.95. The molecular formula is C12H6Cl2FNO3. The number of nitro benzene ring substituents is 1. The number of hydrogen-bond acceptors (Lipinski definition) is 3. The second-order valence-electron chi connectivity index (χ2n) is 3.50. The average Bonchev–Trinajstić information content (AvgIpc) is 2.34. The van der Waals surface area contributed by atoms with Gasteiger partial charge in [0.2, 0.25) is 11.6 Å². The molecule has 2 rings (SSSR count). The molecule has 2 aromatic carbocycles. The zero-order valence-electron chi connectivity index (χ0n) is 9.27. The Kier molecular flexibility index (Phi) is 3.87. The summed E-state index contributed by atoms with van der Waals surface area (Å²) in [6, 6.07) is 8.13. The van der Waals surface area contributed by atoms with Crippen LogP contribution >= 0.6 is 23.2 Å². The van der Waals surface area contributed by atoms with Crippen LogP contribution in [0.5, 0.6) is 11.5 Å². The number of para-hydroxylation sites is 1. The Morgan fingerprint density at radius 3 is 2.42 bits per heavy atom. The van der Waals surface area contributed by atoms with Gasteiger partial charge in [0.05, 0.1) is 9.95 Å². The normalized spacial score (nSPS) is 10.3. The Morgan fingerprint density at radius 2 is 1.74 bits per heavy atom. The lowest BCUT2D eigenvalue weighted by Gasteiger charge is -2.08. The summed E-state index contributed by atoms with van der Waals surface area (Å²) in [6.45, 7) is 0. The Bertz CT molecular complexity index is 649. The predicted molar refractivity (Wildman–Crippen MR) is 69.6 cm³/mol. The van der Waals surface area contributed by atoms with Gasteiger partial charge in [-0.15, -0.1) is 0 Å². The predicted octanol–water partition coefficient (Wildman–Crippen LogP) is 4.83. The highest BCUT2D eigenvalue weighted by Gasteiger charge is 2.22. The summed E-state index contributed by atoms with van der Waals surface area (Å²) in [5.41, 5.74) is -0.751. The van der Waals surface area contributed by atoms with E-state index in [1.54, 1.807) is 6.07 Å². The summed E-state index contributed by atoms with van der Waals surface area (Å²) < 4.78 is 18.7. The van der Waals surface area contributed by atoms with Crippen LogP contribution in [0.1, 0.15) is 0 Å². The molecule has 19 heavy (non-hydrogen) atoms. The summed E-state index contributed by atoms with van der Waals surface area (Å²) in [5.74, 6) is -1.11. The van der Waals surface area contributed by atoms with Gasteiger partial charge in [0, 0.05) is 0 Å². The van der Waals surface area contributed by atoms with Crippen molar-refractivity contribution in [2.24, 2.45) is 0 Å². The quantitative estimate of drug-likeness (QED) is 0.602. The maximum Gasteiger partial charge on any atom is 0.346 e. The lowest BCUT2D eigenvalue weighted by atomic mass is 10.3. The molecule has 0 radical (unpaired) electrons. The minimum Gasteiger partial charge on any atom is -0.448 e. The standard InChI is InChI=1S/C12H6Cl2FNO3/c13-7-3-1-5-9(11(7)14)19-10-6-2-4-8(15)12(10)16(17)18/h1-6H. The second-order valence-corrected chi connectivity index (χ2v) is 4.28. The van der Waals surface area contributed by atoms with E-state index in [0.29, 0.717) is 0 Å². The van der Waals surface area contributed by atoms with Crippen molar-refractivity contribution in [1.29, 1.82) is 0 Å². The van der Waals surface area contributed by atoms with E-state index in [2.05, 4.69) is 0 Å². The number of hydrogen-bond donors (Lipinski definition) is 0. The zero-order chi connectivity index (χ0) is 14.0. The molecule has 0 atom stereocenters. The van der Waals surface area contributed by atoms with E-state index >= 15 is 0 Å². The van der Waals surface area contributed by atoms with E-state index in [1.807, 2.05) is 0 Å². The molecule has 0 bridgehead atoms. The third-order valence-corrected chi connectivity index (χ3v) is 3.07. The highest BCUT2D eigenvalue weighted by atomic mass is 35.5. The lowest BCUT2D eigenvalue weighted by molar-refractivity contribution is -0.388. The average molecular weight is 302 g/mol. The Balaban J connectivity index is 2.47. The molecule has 0 heterocycles. The van der Waals surface area contributed by atoms with Crippen LogP contribution in [0.3, 0.4) is 0 Å². The monoisotopic (exact) mass is 301 g/mol. The van der Waals surface area contributed by atoms with Gasteiger partial charge in [-0.25, -0.2) is 0 Å². The maximum atomic E-state index is 13.4. The van der Waals surface area contributed by atoms with Crippen LogP contribution in [-0.2, 0) is 0 Å². The summed E-state index contributed by atoms with van der Waals surface area (Å²) in [7, 11) is 0. The summed E-state index contributed by atoms with van der Waals surface area (Å²) in [6.07, 6.45) is 0. The summed E-state index contributed by atoms with van der Waals surface area (Å²) in [5, 5.41) is 11.1. The van der Waals surface area contributed by atoms with Crippen molar-refractivity contribution < 1.29 is 14.1 Å². The molecule has 0 aromatic heterocycles. The number of nitrogens with zero attached hydrogens (tertiary/aromatic N) is 1. The Hall–Kier alpha value is -1.85.